The Kier molecular flexibility index (Phi) is 5.38. The number of ether oxygens (including phenoxy) is 1. The predicted molar refractivity (Wildman–Crippen MR) is 83.8 cm³/mol. The molecule has 1 aromatic carbocycles. The van der Waals surface area contributed by atoms with Gasteiger partial charge in [-0.2, -0.15) is 0 Å². The fraction of sp³-hybridized carbons (Fsp3) is 0.562. The molecule has 0 radical (unpaired) electrons. The van der Waals surface area contributed by atoms with Crippen molar-refractivity contribution in [3.05, 3.63) is 34.1 Å². The summed E-state index contributed by atoms with van der Waals surface area (Å²) in [7, 11) is 0. The van der Waals surface area contributed by atoms with E-state index < -0.39 is 22.3 Å². The largest absolute Gasteiger partial charge is 0.482 e. The van der Waals surface area contributed by atoms with E-state index in [1.54, 1.807) is 20.8 Å². The summed E-state index contributed by atoms with van der Waals surface area (Å²) in [4.78, 5) is 27.7. The highest BCUT2D eigenvalue weighted by atomic mass is 19.1. The molecule has 1 atom stereocenters. The van der Waals surface area contributed by atoms with Gasteiger partial charge in [0.05, 0.1) is 16.9 Å². The monoisotopic (exact) mass is 340 g/mol. The number of rotatable bonds is 4. The summed E-state index contributed by atoms with van der Waals surface area (Å²) in [6.45, 7) is 6.10. The van der Waals surface area contributed by atoms with Crippen LogP contribution in [0.1, 0.15) is 33.6 Å². The molecule has 1 heterocycles. The van der Waals surface area contributed by atoms with Crippen molar-refractivity contribution < 1.29 is 23.7 Å². The molecule has 7 nitrogen and oxygen atoms in total. The first-order valence-electron chi connectivity index (χ1n) is 7.75. The van der Waals surface area contributed by atoms with E-state index in [1.165, 1.54) is 5.06 Å². The number of nitro benzene ring substituents is 1. The second-order valence-corrected chi connectivity index (χ2v) is 6.77. The van der Waals surface area contributed by atoms with Crippen LogP contribution in [-0.4, -0.2) is 35.1 Å². The topological polar surface area (TPSA) is 81.9 Å². The smallest absolute Gasteiger partial charge is 0.330 e. The summed E-state index contributed by atoms with van der Waals surface area (Å²) in [5.74, 6) is -1.09. The van der Waals surface area contributed by atoms with Crippen molar-refractivity contribution in [1.29, 1.82) is 0 Å². The van der Waals surface area contributed by atoms with Gasteiger partial charge >= 0.3 is 11.7 Å². The molecular formula is C16H21FN2O5. The molecule has 0 spiro atoms. The Morgan fingerprint density at radius 3 is 2.75 bits per heavy atom. The molecule has 132 valence electrons. The molecule has 0 saturated carbocycles. The minimum absolute atomic E-state index is 0.117. The first kappa shape index (κ1) is 18.1. The average molecular weight is 340 g/mol. The fourth-order valence-electron chi connectivity index (χ4n) is 2.25. The molecule has 1 aliphatic heterocycles. The van der Waals surface area contributed by atoms with Gasteiger partial charge < -0.3 is 9.57 Å². The van der Waals surface area contributed by atoms with E-state index >= 15 is 0 Å². The minimum atomic E-state index is -0.630. The zero-order chi connectivity index (χ0) is 17.9. The van der Waals surface area contributed by atoms with Crippen molar-refractivity contribution in [3.63, 3.8) is 0 Å². The normalized spacial score (nSPS) is 18.9. The summed E-state index contributed by atoms with van der Waals surface area (Å²) in [5, 5.41) is 12.5. The predicted octanol–water partition coefficient (Wildman–Crippen LogP) is 3.08. The number of hydroxylamine groups is 2. The molecule has 0 N–H and O–H groups in total. The van der Waals surface area contributed by atoms with Gasteiger partial charge in [0.15, 0.2) is 5.75 Å². The highest BCUT2D eigenvalue weighted by molar-refractivity contribution is 5.75. The van der Waals surface area contributed by atoms with Crippen molar-refractivity contribution in [2.75, 3.05) is 13.1 Å². The third-order valence-corrected chi connectivity index (χ3v) is 3.58. The minimum Gasteiger partial charge on any atom is -0.482 e. The molecular weight excluding hydrogens is 319 g/mol. The molecule has 0 amide bonds. The van der Waals surface area contributed by atoms with Gasteiger partial charge in [-0.3, -0.25) is 10.1 Å². The van der Waals surface area contributed by atoms with Crippen LogP contribution in [0.15, 0.2) is 18.2 Å². The molecule has 0 aromatic heterocycles. The van der Waals surface area contributed by atoms with Crippen molar-refractivity contribution >= 4 is 11.7 Å². The molecule has 1 aliphatic rings. The van der Waals surface area contributed by atoms with Gasteiger partial charge in [0.25, 0.3) is 0 Å². The Bertz CT molecular complexity index is 629. The number of halogens is 1. The Labute approximate surface area is 139 Å². The van der Waals surface area contributed by atoms with Gasteiger partial charge in [-0.1, -0.05) is 0 Å². The first-order chi connectivity index (χ1) is 11.2. The third-order valence-electron chi connectivity index (χ3n) is 3.58. The van der Waals surface area contributed by atoms with E-state index in [0.717, 1.165) is 18.2 Å². The Morgan fingerprint density at radius 2 is 2.12 bits per heavy atom. The Morgan fingerprint density at radius 1 is 1.42 bits per heavy atom. The van der Waals surface area contributed by atoms with Crippen LogP contribution in [0.4, 0.5) is 10.1 Å². The SMILES string of the molecule is CC(C)(C)C(=O)ON1CCC[C@H](Oc2cc(F)ccc2[N+](=O)[O-])C1. The lowest BCUT2D eigenvalue weighted by Crippen LogP contribution is -2.44. The molecule has 1 saturated heterocycles. The average Bonchev–Trinajstić information content (AvgIpc) is 2.46. The summed E-state index contributed by atoms with van der Waals surface area (Å²) in [6, 6.07) is 3.09. The van der Waals surface area contributed by atoms with Gasteiger partial charge in [-0.25, -0.2) is 9.18 Å². The zero-order valence-electron chi connectivity index (χ0n) is 14.0. The number of piperidine rings is 1. The van der Waals surface area contributed by atoms with Crippen LogP contribution in [0.5, 0.6) is 5.75 Å². The quantitative estimate of drug-likeness (QED) is 0.619. The molecule has 0 aliphatic carbocycles. The maximum atomic E-state index is 13.4. The van der Waals surface area contributed by atoms with Crippen LogP contribution in [-0.2, 0) is 9.63 Å². The second kappa shape index (κ2) is 7.12. The van der Waals surface area contributed by atoms with E-state index in [-0.39, 0.29) is 24.0 Å². The molecule has 8 heteroatoms. The number of nitro groups is 1. The van der Waals surface area contributed by atoms with Crippen molar-refractivity contribution in [2.24, 2.45) is 5.41 Å². The van der Waals surface area contributed by atoms with Gasteiger partial charge in [0.1, 0.15) is 11.9 Å². The van der Waals surface area contributed by atoms with Crippen LogP contribution < -0.4 is 4.74 Å². The second-order valence-electron chi connectivity index (χ2n) is 6.77. The van der Waals surface area contributed by atoms with Crippen LogP contribution in [0.25, 0.3) is 0 Å². The fourth-order valence-corrected chi connectivity index (χ4v) is 2.25. The summed E-state index contributed by atoms with van der Waals surface area (Å²) < 4.78 is 19.0. The lowest BCUT2D eigenvalue weighted by Gasteiger charge is -2.32. The van der Waals surface area contributed by atoms with E-state index in [4.69, 9.17) is 9.57 Å². The lowest BCUT2D eigenvalue weighted by molar-refractivity contribution is -0.386. The maximum absolute atomic E-state index is 13.4. The van der Waals surface area contributed by atoms with Crippen LogP contribution in [0.3, 0.4) is 0 Å². The molecule has 0 bridgehead atoms. The van der Waals surface area contributed by atoms with E-state index in [1.807, 2.05) is 0 Å². The Hall–Kier alpha value is -2.22. The van der Waals surface area contributed by atoms with E-state index in [0.29, 0.717) is 19.4 Å². The first-order valence-corrected chi connectivity index (χ1v) is 7.75. The highest BCUT2D eigenvalue weighted by Crippen LogP contribution is 2.30. The summed E-state index contributed by atoms with van der Waals surface area (Å²) >= 11 is 0. The van der Waals surface area contributed by atoms with Crippen molar-refractivity contribution in [2.45, 2.75) is 39.7 Å². The van der Waals surface area contributed by atoms with E-state index in [2.05, 4.69) is 0 Å². The third kappa shape index (κ3) is 4.64. The van der Waals surface area contributed by atoms with Crippen LogP contribution >= 0.6 is 0 Å². The number of carbonyl (C=O) groups excluding carboxylic acids is 1. The van der Waals surface area contributed by atoms with E-state index in [9.17, 15) is 19.3 Å². The lowest BCUT2D eigenvalue weighted by atomic mass is 9.98. The number of carbonyl (C=O) groups is 1. The molecule has 2 rings (SSSR count). The van der Waals surface area contributed by atoms with Gasteiger partial charge in [-0.05, 0) is 39.7 Å². The Balaban J connectivity index is 2.05. The number of hydrogen-bond acceptors (Lipinski definition) is 6. The number of benzene rings is 1. The van der Waals surface area contributed by atoms with Gasteiger partial charge in [0.2, 0.25) is 0 Å². The van der Waals surface area contributed by atoms with Gasteiger partial charge in [-0.15, -0.1) is 5.06 Å². The van der Waals surface area contributed by atoms with Gasteiger partial charge in [0, 0.05) is 18.7 Å². The summed E-state index contributed by atoms with van der Waals surface area (Å²) in [6.07, 6.45) is 0.912. The van der Waals surface area contributed by atoms with Crippen molar-refractivity contribution in [1.82, 2.24) is 5.06 Å². The molecule has 24 heavy (non-hydrogen) atoms. The highest BCUT2D eigenvalue weighted by Gasteiger charge is 2.30. The molecule has 0 unspecified atom stereocenters. The maximum Gasteiger partial charge on any atom is 0.330 e. The summed E-state index contributed by atoms with van der Waals surface area (Å²) in [5.41, 5.74) is -0.921. The zero-order valence-corrected chi connectivity index (χ0v) is 14.0. The van der Waals surface area contributed by atoms with Crippen LogP contribution in [0.2, 0.25) is 0 Å². The van der Waals surface area contributed by atoms with Crippen LogP contribution in [0, 0.1) is 21.3 Å². The molecule has 1 fully saturated rings. The molecule has 1 aromatic rings. The number of hydrogen-bond donors (Lipinski definition) is 0. The van der Waals surface area contributed by atoms with Crippen molar-refractivity contribution in [3.8, 4) is 5.75 Å². The number of nitrogens with zero attached hydrogens (tertiary/aromatic N) is 2. The standard InChI is InChI=1S/C16H21FN2O5/c1-16(2,3)15(20)24-18-8-4-5-12(10-18)23-14-9-11(17)6-7-13(14)19(21)22/h6-7,9,12H,4-5,8,10H2,1-3H3/t12-/m0/s1.